The van der Waals surface area contributed by atoms with Crippen LogP contribution in [0.2, 0.25) is 0 Å². The van der Waals surface area contributed by atoms with Gasteiger partial charge >= 0.3 is 5.97 Å². The van der Waals surface area contributed by atoms with Gasteiger partial charge in [-0.15, -0.1) is 0 Å². The zero-order chi connectivity index (χ0) is 64.0. The second-order valence-electron chi connectivity index (χ2n) is 22.9. The van der Waals surface area contributed by atoms with Crippen molar-refractivity contribution in [1.29, 1.82) is 0 Å². The van der Waals surface area contributed by atoms with Gasteiger partial charge in [-0.2, -0.15) is 11.8 Å². The molecular weight excluding hydrogens is 1110 g/mol. The summed E-state index contributed by atoms with van der Waals surface area (Å²) >= 11 is 1.52. The Morgan fingerprint density at radius 2 is 0.798 bits per heavy atom. The van der Waals surface area contributed by atoms with Crippen LogP contribution in [-0.2, 0) is 59.2 Å². The van der Waals surface area contributed by atoms with E-state index in [1.54, 1.807) is 55.4 Å². The Morgan fingerprint density at radius 3 is 1.21 bits per heavy atom. The summed E-state index contributed by atoms with van der Waals surface area (Å²) in [5.74, 6) is -9.22. The monoisotopic (exact) mass is 1210 g/mol. The van der Waals surface area contributed by atoms with Crippen molar-refractivity contribution in [2.75, 3.05) is 25.1 Å². The summed E-state index contributed by atoms with van der Waals surface area (Å²) in [4.78, 5) is 149. The van der Waals surface area contributed by atoms with Gasteiger partial charge in [0.1, 0.15) is 66.2 Å². The number of carboxylic acids is 1. The minimum Gasteiger partial charge on any atom is -0.508 e. The molecule has 1 aromatic rings. The number of amides is 10. The number of carboxylic acid groups (broad SMARTS) is 1. The molecule has 0 aromatic heterocycles. The number of unbranched alkanes of at least 4 members (excludes halogenated alkanes) is 2. The fraction of sp³-hybridized carbons (Fsp3) is 0.702. The number of thioether (sulfide) groups is 1. The van der Waals surface area contributed by atoms with E-state index in [0.717, 1.165) is 0 Å². The number of carbonyl (C=O) groups is 11. The van der Waals surface area contributed by atoms with E-state index in [2.05, 4.69) is 53.2 Å². The van der Waals surface area contributed by atoms with Crippen molar-refractivity contribution in [3.8, 4) is 5.75 Å². The lowest BCUT2D eigenvalue weighted by atomic mass is 9.99. The van der Waals surface area contributed by atoms with Crippen molar-refractivity contribution in [2.45, 2.75) is 207 Å². The predicted octanol–water partition coefficient (Wildman–Crippen LogP) is -0.330. The fourth-order valence-corrected chi connectivity index (χ4v) is 9.00. The van der Waals surface area contributed by atoms with Gasteiger partial charge in [-0.05, 0) is 145 Å². The molecular formula is C57H99N13O13S. The second kappa shape index (κ2) is 39.1. The van der Waals surface area contributed by atoms with Crippen molar-refractivity contribution in [2.24, 2.45) is 40.9 Å². The van der Waals surface area contributed by atoms with Gasteiger partial charge in [0.2, 0.25) is 59.1 Å². The molecule has 27 heteroatoms. The van der Waals surface area contributed by atoms with Crippen LogP contribution in [0.15, 0.2) is 24.3 Å². The van der Waals surface area contributed by atoms with Crippen molar-refractivity contribution in [1.82, 2.24) is 53.2 Å². The molecule has 0 aliphatic heterocycles. The molecule has 10 amide bonds. The average Bonchev–Trinajstić information content (AvgIpc) is 3.64. The Bertz CT molecular complexity index is 2310. The van der Waals surface area contributed by atoms with E-state index in [-0.39, 0.29) is 62.8 Å². The minimum atomic E-state index is -1.41. The second-order valence-corrected chi connectivity index (χ2v) is 23.9. The molecule has 0 fully saturated rings. The molecule has 0 saturated heterocycles. The van der Waals surface area contributed by atoms with Crippen LogP contribution in [0.1, 0.15) is 140 Å². The van der Waals surface area contributed by atoms with Crippen LogP contribution in [0.4, 0.5) is 0 Å². The summed E-state index contributed by atoms with van der Waals surface area (Å²) in [6.07, 6.45) is 4.10. The van der Waals surface area contributed by atoms with Gasteiger partial charge < -0.3 is 80.6 Å². The number of hydrogen-bond acceptors (Lipinski definition) is 16. The molecule has 0 radical (unpaired) electrons. The average molecular weight is 1210 g/mol. The van der Waals surface area contributed by atoms with E-state index in [1.807, 2.05) is 6.26 Å². The van der Waals surface area contributed by atoms with Gasteiger partial charge in [0.25, 0.3) is 0 Å². The quantitative estimate of drug-likeness (QED) is 0.0374. The third-order valence-corrected chi connectivity index (χ3v) is 14.2. The maximum atomic E-state index is 14.5. The number of nitrogens with one attached hydrogen (secondary N) is 10. The van der Waals surface area contributed by atoms with Gasteiger partial charge in [-0.1, -0.05) is 67.5 Å². The van der Waals surface area contributed by atoms with Gasteiger partial charge in [0.05, 0.1) is 6.04 Å². The molecule has 11 atom stereocenters. The number of phenolic OH excluding ortho intramolecular Hbond substituents is 1. The third-order valence-electron chi connectivity index (χ3n) is 13.6. The highest BCUT2D eigenvalue weighted by Gasteiger charge is 2.36. The van der Waals surface area contributed by atoms with Gasteiger partial charge in [0, 0.05) is 6.42 Å². The van der Waals surface area contributed by atoms with E-state index < -0.39 is 143 Å². The maximum Gasteiger partial charge on any atom is 0.326 e. The predicted molar refractivity (Wildman–Crippen MR) is 321 cm³/mol. The molecule has 0 heterocycles. The lowest BCUT2D eigenvalue weighted by molar-refractivity contribution is -0.143. The van der Waals surface area contributed by atoms with Crippen LogP contribution in [0.5, 0.6) is 5.75 Å². The molecule has 1 aromatic carbocycles. The smallest absolute Gasteiger partial charge is 0.326 e. The molecule has 0 spiro atoms. The summed E-state index contributed by atoms with van der Waals surface area (Å²) in [6, 6.07) is -7.31. The molecule has 476 valence electrons. The first-order valence-corrected chi connectivity index (χ1v) is 30.5. The van der Waals surface area contributed by atoms with E-state index in [9.17, 15) is 63.0 Å². The number of aliphatic carboxylic acids is 1. The Kier molecular flexibility index (Phi) is 35.1. The number of rotatable bonds is 40. The van der Waals surface area contributed by atoms with Crippen LogP contribution in [0.25, 0.3) is 0 Å². The maximum absolute atomic E-state index is 14.5. The largest absolute Gasteiger partial charge is 0.508 e. The molecule has 1 rings (SSSR count). The summed E-state index contributed by atoms with van der Waals surface area (Å²) < 4.78 is 0. The molecule has 84 heavy (non-hydrogen) atoms. The summed E-state index contributed by atoms with van der Waals surface area (Å²) in [5.41, 5.74) is 18.1. The van der Waals surface area contributed by atoms with Crippen LogP contribution >= 0.6 is 11.8 Å². The summed E-state index contributed by atoms with van der Waals surface area (Å²) in [5, 5.41) is 46.1. The van der Waals surface area contributed by atoms with Crippen molar-refractivity contribution in [3.05, 3.63) is 29.8 Å². The Morgan fingerprint density at radius 1 is 0.440 bits per heavy atom. The first kappa shape index (κ1) is 75.4. The van der Waals surface area contributed by atoms with Crippen molar-refractivity contribution >= 4 is 76.8 Å². The van der Waals surface area contributed by atoms with Crippen LogP contribution < -0.4 is 70.4 Å². The van der Waals surface area contributed by atoms with E-state index in [0.29, 0.717) is 43.4 Å². The number of nitrogens with two attached hydrogens (primary N) is 3. The molecule has 0 unspecified atom stereocenters. The highest BCUT2D eigenvalue weighted by Crippen LogP contribution is 2.15. The SMILES string of the molecule is CSCC[C@H](N)C(=O)N[C@@H](C)C(=O)N[C@H](C(=O)N[C@@H](CCCCN)C(=O)N[C@@H](CCCCN)C(=O)N[C@@H](Cc1ccc(O)cc1)C(=O)N[C@@H](CC(C)C)C(=O)N[C@@H](C)C(=O)N[C@@H](C)C(=O)N[C@H](C(=O)N[C@@H](CC(C)C)C(=O)O)C(C)C)C(C)C. The van der Waals surface area contributed by atoms with E-state index in [4.69, 9.17) is 17.2 Å². The Balaban J connectivity index is 3.47. The van der Waals surface area contributed by atoms with Crippen molar-refractivity contribution < 1.29 is 63.0 Å². The minimum absolute atomic E-state index is 0.0406. The highest BCUT2D eigenvalue weighted by atomic mass is 32.2. The topological polar surface area (TPSA) is 427 Å². The standard InChI is InChI=1S/C57H99N13O13S/c1-30(2)27-42(53(78)63-34(9)47(72)61-35(10)48(73)70-46(33(7)8)56(81)68-44(57(82)83)28-31(3)4)66-54(79)43(29-37-19-21-38(71)22-20-37)67-52(77)40(17-13-15-24-58)64-51(76)41(18-14-16-25-59)65-55(80)45(32(5)6)69-49(74)36(11)62-50(75)39(60)23-26-84-12/h19-22,30-36,39-46,71H,13-18,23-29,58-60H2,1-12H3,(H,61,72)(H,62,75)(H,63,78)(H,64,76)(H,65,80)(H,66,79)(H,67,77)(H,68,81)(H,69,74)(H,70,73)(H,82,83)/t34-,35-,36-,39-,40-,41-,42-,43-,44-,45-,46-/m0/s1. The molecule has 0 aliphatic carbocycles. The zero-order valence-electron chi connectivity index (χ0n) is 51.2. The molecule has 26 nitrogen and oxygen atoms in total. The summed E-state index contributed by atoms with van der Waals surface area (Å²) in [7, 11) is 0. The molecule has 0 aliphatic rings. The number of carbonyl (C=O) groups excluding carboxylic acids is 10. The van der Waals surface area contributed by atoms with E-state index >= 15 is 0 Å². The van der Waals surface area contributed by atoms with E-state index in [1.165, 1.54) is 56.8 Å². The number of aromatic hydroxyl groups is 1. The lowest BCUT2D eigenvalue weighted by Crippen LogP contribution is -2.61. The normalized spacial score (nSPS) is 15.3. The van der Waals surface area contributed by atoms with Crippen molar-refractivity contribution in [3.63, 3.8) is 0 Å². The Hall–Kier alpha value is -6.58. The van der Waals surface area contributed by atoms with Crippen LogP contribution in [0.3, 0.4) is 0 Å². The zero-order valence-corrected chi connectivity index (χ0v) is 52.0. The van der Waals surface area contributed by atoms with Crippen LogP contribution in [-0.4, -0.2) is 167 Å². The van der Waals surface area contributed by atoms with Crippen LogP contribution in [0, 0.1) is 23.7 Å². The lowest BCUT2D eigenvalue weighted by Gasteiger charge is -2.29. The van der Waals surface area contributed by atoms with Gasteiger partial charge in [-0.3, -0.25) is 47.9 Å². The first-order valence-electron chi connectivity index (χ1n) is 29.1. The summed E-state index contributed by atoms with van der Waals surface area (Å²) in [6.45, 7) is 18.6. The number of benzene rings is 1. The Labute approximate surface area is 499 Å². The first-order chi connectivity index (χ1) is 39.4. The van der Waals surface area contributed by atoms with Gasteiger partial charge in [-0.25, -0.2) is 4.79 Å². The highest BCUT2D eigenvalue weighted by molar-refractivity contribution is 7.98. The molecule has 0 saturated carbocycles. The number of hydrogen-bond donors (Lipinski definition) is 15. The fourth-order valence-electron chi connectivity index (χ4n) is 8.51. The van der Waals surface area contributed by atoms with Gasteiger partial charge in [0.15, 0.2) is 0 Å². The third kappa shape index (κ3) is 28.3. The number of phenols is 1. The molecule has 0 bridgehead atoms. The molecule has 18 N–H and O–H groups in total.